The van der Waals surface area contributed by atoms with Crippen molar-refractivity contribution in [2.24, 2.45) is 5.92 Å². The summed E-state index contributed by atoms with van der Waals surface area (Å²) in [5.74, 6) is 0.868. The summed E-state index contributed by atoms with van der Waals surface area (Å²) in [6.07, 6.45) is 7.15. The van der Waals surface area contributed by atoms with Crippen LogP contribution < -0.4 is 0 Å². The van der Waals surface area contributed by atoms with E-state index in [0.29, 0.717) is 0 Å². The van der Waals surface area contributed by atoms with E-state index in [2.05, 4.69) is 35.0 Å². The fraction of sp³-hybridized carbons (Fsp3) is 0.467. The standard InChI is InChI=1S/C15H19NO/c17-9-8-13-11-16(10-12-4-3-5-12)15-7-2-1-6-14(13)15/h1-2,6-7,11-12,17H,3-5,8-10H2. The molecule has 1 N–H and O–H groups in total. The van der Waals surface area contributed by atoms with Crippen molar-refractivity contribution in [3.05, 3.63) is 36.0 Å². The van der Waals surface area contributed by atoms with Gasteiger partial charge < -0.3 is 9.67 Å². The maximum absolute atomic E-state index is 9.12. The number of fused-ring (bicyclic) bond motifs is 1. The minimum absolute atomic E-state index is 0.234. The molecule has 0 unspecified atom stereocenters. The molecular formula is C15H19NO. The highest BCUT2D eigenvalue weighted by molar-refractivity contribution is 5.84. The van der Waals surface area contributed by atoms with Crippen molar-refractivity contribution < 1.29 is 5.11 Å². The molecule has 0 saturated heterocycles. The summed E-state index contributed by atoms with van der Waals surface area (Å²) >= 11 is 0. The second-order valence-corrected chi connectivity index (χ2v) is 5.09. The van der Waals surface area contributed by atoms with Gasteiger partial charge in [-0.2, -0.15) is 0 Å². The number of rotatable bonds is 4. The van der Waals surface area contributed by atoms with Crippen molar-refractivity contribution in [3.63, 3.8) is 0 Å². The van der Waals surface area contributed by atoms with Crippen LogP contribution in [0.5, 0.6) is 0 Å². The third-order valence-corrected chi connectivity index (χ3v) is 3.93. The molecule has 17 heavy (non-hydrogen) atoms. The molecular weight excluding hydrogens is 210 g/mol. The number of para-hydroxylation sites is 1. The SMILES string of the molecule is OCCc1cn(CC2CCC2)c2ccccc12. The van der Waals surface area contributed by atoms with E-state index < -0.39 is 0 Å². The van der Waals surface area contributed by atoms with Crippen molar-refractivity contribution in [2.75, 3.05) is 6.61 Å². The molecule has 1 aliphatic carbocycles. The van der Waals surface area contributed by atoms with Gasteiger partial charge in [-0.05, 0) is 36.8 Å². The molecule has 2 nitrogen and oxygen atoms in total. The van der Waals surface area contributed by atoms with Crippen molar-refractivity contribution in [1.29, 1.82) is 0 Å². The molecule has 1 aromatic heterocycles. The summed E-state index contributed by atoms with van der Waals surface area (Å²) in [7, 11) is 0. The smallest absolute Gasteiger partial charge is 0.0483 e. The molecule has 0 aliphatic heterocycles. The zero-order valence-corrected chi connectivity index (χ0v) is 10.1. The molecule has 90 valence electrons. The van der Waals surface area contributed by atoms with Gasteiger partial charge >= 0.3 is 0 Å². The Morgan fingerprint density at radius 1 is 1.24 bits per heavy atom. The number of hydrogen-bond acceptors (Lipinski definition) is 1. The van der Waals surface area contributed by atoms with E-state index in [1.165, 1.54) is 35.7 Å². The van der Waals surface area contributed by atoms with Crippen LogP contribution in [0.1, 0.15) is 24.8 Å². The van der Waals surface area contributed by atoms with Gasteiger partial charge in [0.25, 0.3) is 0 Å². The zero-order valence-electron chi connectivity index (χ0n) is 10.1. The lowest BCUT2D eigenvalue weighted by atomic mass is 9.85. The average Bonchev–Trinajstić information content (AvgIpc) is 2.64. The molecule has 1 saturated carbocycles. The minimum atomic E-state index is 0.234. The van der Waals surface area contributed by atoms with E-state index in [4.69, 9.17) is 5.11 Å². The molecule has 1 aromatic carbocycles. The van der Waals surface area contributed by atoms with Crippen LogP contribution in [0.4, 0.5) is 0 Å². The highest BCUT2D eigenvalue weighted by atomic mass is 16.2. The number of aliphatic hydroxyl groups is 1. The fourth-order valence-corrected chi connectivity index (χ4v) is 2.75. The van der Waals surface area contributed by atoms with Crippen molar-refractivity contribution in [1.82, 2.24) is 4.57 Å². The lowest BCUT2D eigenvalue weighted by molar-refractivity contribution is 0.279. The normalized spacial score (nSPS) is 16.3. The number of aliphatic hydroxyl groups excluding tert-OH is 1. The number of benzene rings is 1. The first-order chi connectivity index (χ1) is 8.38. The maximum atomic E-state index is 9.12. The topological polar surface area (TPSA) is 25.2 Å². The van der Waals surface area contributed by atoms with Crippen LogP contribution in [0.3, 0.4) is 0 Å². The van der Waals surface area contributed by atoms with Gasteiger partial charge in [0, 0.05) is 30.3 Å². The van der Waals surface area contributed by atoms with Gasteiger partial charge in [0.2, 0.25) is 0 Å². The Kier molecular flexibility index (Phi) is 2.89. The average molecular weight is 229 g/mol. The molecule has 0 atom stereocenters. The van der Waals surface area contributed by atoms with Crippen LogP contribution in [0.2, 0.25) is 0 Å². The molecule has 2 aromatic rings. The van der Waals surface area contributed by atoms with Crippen LogP contribution >= 0.6 is 0 Å². The Bertz CT molecular complexity index is 511. The predicted molar refractivity (Wildman–Crippen MR) is 70.1 cm³/mol. The van der Waals surface area contributed by atoms with Crippen LogP contribution in [-0.4, -0.2) is 16.3 Å². The summed E-state index contributed by atoms with van der Waals surface area (Å²) in [4.78, 5) is 0. The highest BCUT2D eigenvalue weighted by Crippen LogP contribution is 2.30. The van der Waals surface area contributed by atoms with E-state index in [1.54, 1.807) is 0 Å². The first kappa shape index (κ1) is 10.8. The molecule has 0 radical (unpaired) electrons. The van der Waals surface area contributed by atoms with Gasteiger partial charge in [-0.15, -0.1) is 0 Å². The van der Waals surface area contributed by atoms with Crippen LogP contribution in [0, 0.1) is 5.92 Å². The number of nitrogens with zero attached hydrogens (tertiary/aromatic N) is 1. The highest BCUT2D eigenvalue weighted by Gasteiger charge is 2.19. The first-order valence-corrected chi connectivity index (χ1v) is 6.56. The molecule has 0 spiro atoms. The lowest BCUT2D eigenvalue weighted by Crippen LogP contribution is -2.17. The van der Waals surface area contributed by atoms with Crippen molar-refractivity contribution in [2.45, 2.75) is 32.2 Å². The minimum Gasteiger partial charge on any atom is -0.396 e. The predicted octanol–water partition coefficient (Wildman–Crippen LogP) is 2.98. The Morgan fingerprint density at radius 3 is 2.76 bits per heavy atom. The monoisotopic (exact) mass is 229 g/mol. The molecule has 1 heterocycles. The van der Waals surface area contributed by atoms with Crippen LogP contribution in [-0.2, 0) is 13.0 Å². The largest absolute Gasteiger partial charge is 0.396 e. The Balaban J connectivity index is 1.98. The van der Waals surface area contributed by atoms with Crippen LogP contribution in [0.25, 0.3) is 10.9 Å². The van der Waals surface area contributed by atoms with Gasteiger partial charge in [-0.1, -0.05) is 24.6 Å². The zero-order chi connectivity index (χ0) is 11.7. The van der Waals surface area contributed by atoms with Gasteiger partial charge in [0.1, 0.15) is 0 Å². The van der Waals surface area contributed by atoms with Crippen LogP contribution in [0.15, 0.2) is 30.5 Å². The lowest BCUT2D eigenvalue weighted by Gasteiger charge is -2.26. The second-order valence-electron chi connectivity index (χ2n) is 5.09. The molecule has 0 amide bonds. The number of aromatic nitrogens is 1. The van der Waals surface area contributed by atoms with Gasteiger partial charge in [-0.3, -0.25) is 0 Å². The molecule has 1 aliphatic rings. The maximum Gasteiger partial charge on any atom is 0.0483 e. The second kappa shape index (κ2) is 4.53. The summed E-state index contributed by atoms with van der Waals surface area (Å²) in [6.45, 7) is 1.38. The van der Waals surface area contributed by atoms with E-state index in [-0.39, 0.29) is 6.61 Å². The van der Waals surface area contributed by atoms with E-state index in [0.717, 1.165) is 18.9 Å². The summed E-state index contributed by atoms with van der Waals surface area (Å²) < 4.78 is 2.38. The first-order valence-electron chi connectivity index (χ1n) is 6.56. The molecule has 0 bridgehead atoms. The van der Waals surface area contributed by atoms with E-state index in [1.807, 2.05) is 0 Å². The quantitative estimate of drug-likeness (QED) is 0.856. The summed E-state index contributed by atoms with van der Waals surface area (Å²) in [6, 6.07) is 8.53. The van der Waals surface area contributed by atoms with Gasteiger partial charge in [-0.25, -0.2) is 0 Å². The van der Waals surface area contributed by atoms with E-state index >= 15 is 0 Å². The molecule has 1 fully saturated rings. The fourth-order valence-electron chi connectivity index (χ4n) is 2.75. The Labute approximate surface area is 102 Å². The third-order valence-electron chi connectivity index (χ3n) is 3.93. The van der Waals surface area contributed by atoms with E-state index in [9.17, 15) is 0 Å². The van der Waals surface area contributed by atoms with Crippen molar-refractivity contribution >= 4 is 10.9 Å². The summed E-state index contributed by atoms with van der Waals surface area (Å²) in [5.41, 5.74) is 2.60. The summed E-state index contributed by atoms with van der Waals surface area (Å²) in [5, 5.41) is 10.4. The third kappa shape index (κ3) is 1.98. The Hall–Kier alpha value is -1.28. The molecule has 2 heteroatoms. The van der Waals surface area contributed by atoms with Gasteiger partial charge in [0.15, 0.2) is 0 Å². The Morgan fingerprint density at radius 2 is 2.06 bits per heavy atom. The van der Waals surface area contributed by atoms with Gasteiger partial charge in [0.05, 0.1) is 0 Å². The van der Waals surface area contributed by atoms with Crippen molar-refractivity contribution in [3.8, 4) is 0 Å². The molecule has 3 rings (SSSR count). The number of hydrogen-bond donors (Lipinski definition) is 1.